The Bertz CT molecular complexity index is 884. The van der Waals surface area contributed by atoms with E-state index in [0.29, 0.717) is 12.2 Å². The molecule has 1 aromatic carbocycles. The van der Waals surface area contributed by atoms with Gasteiger partial charge in [-0.15, -0.1) is 10.2 Å². The molecule has 2 amide bonds. The Balaban J connectivity index is 1.52. The number of anilines is 1. The first kappa shape index (κ1) is 18.7. The molecular formula is C21H27N5O2. The number of benzene rings is 1. The summed E-state index contributed by atoms with van der Waals surface area (Å²) in [5.74, 6) is 0.758. The van der Waals surface area contributed by atoms with E-state index < -0.39 is 11.8 Å². The van der Waals surface area contributed by atoms with Crippen molar-refractivity contribution in [1.82, 2.24) is 19.7 Å². The van der Waals surface area contributed by atoms with Crippen LogP contribution in [0.2, 0.25) is 0 Å². The van der Waals surface area contributed by atoms with Gasteiger partial charge in [0.1, 0.15) is 5.82 Å². The highest BCUT2D eigenvalue weighted by molar-refractivity contribution is 6.39. The molecule has 0 radical (unpaired) electrons. The average Bonchev–Trinajstić information content (AvgIpc) is 3.21. The van der Waals surface area contributed by atoms with E-state index in [0.717, 1.165) is 61.4 Å². The number of fused-ring (bicyclic) bond motifs is 1. The number of aromatic nitrogens is 3. The second-order valence-electron chi connectivity index (χ2n) is 7.92. The Hall–Kier alpha value is -2.70. The Kier molecular flexibility index (Phi) is 5.15. The summed E-state index contributed by atoms with van der Waals surface area (Å²) in [5.41, 5.74) is 2.75. The predicted octanol–water partition coefficient (Wildman–Crippen LogP) is 2.92. The van der Waals surface area contributed by atoms with Crippen molar-refractivity contribution >= 4 is 17.5 Å². The molecule has 28 heavy (non-hydrogen) atoms. The van der Waals surface area contributed by atoms with Gasteiger partial charge in [0, 0.05) is 25.2 Å². The van der Waals surface area contributed by atoms with Crippen molar-refractivity contribution < 1.29 is 9.59 Å². The van der Waals surface area contributed by atoms with Crippen molar-refractivity contribution in [1.29, 1.82) is 0 Å². The molecular weight excluding hydrogens is 354 g/mol. The summed E-state index contributed by atoms with van der Waals surface area (Å²) in [4.78, 5) is 27.2. The van der Waals surface area contributed by atoms with Crippen LogP contribution >= 0.6 is 0 Å². The second kappa shape index (κ2) is 7.73. The minimum Gasteiger partial charge on any atom is -0.324 e. The lowest BCUT2D eigenvalue weighted by atomic mass is 10.1. The number of nitrogens with one attached hydrogen (secondary N) is 1. The molecule has 148 valence electrons. The number of carbonyl (C=O) groups excluding carboxylic acids is 2. The fraction of sp³-hybridized carbons (Fsp3) is 0.524. The third-order valence-electron chi connectivity index (χ3n) is 5.62. The minimum atomic E-state index is -0.590. The highest BCUT2D eigenvalue weighted by atomic mass is 16.2. The molecule has 1 atom stereocenters. The fourth-order valence-corrected chi connectivity index (χ4v) is 4.39. The monoisotopic (exact) mass is 381 g/mol. The first-order valence-corrected chi connectivity index (χ1v) is 10.1. The van der Waals surface area contributed by atoms with Gasteiger partial charge in [0.05, 0.1) is 6.04 Å². The van der Waals surface area contributed by atoms with Crippen molar-refractivity contribution in [3.05, 3.63) is 41.0 Å². The number of aryl methyl sites for hydroxylation is 3. The molecule has 1 unspecified atom stereocenters. The van der Waals surface area contributed by atoms with E-state index in [4.69, 9.17) is 0 Å². The standard InChI is InChI=1S/C21H27N5O2/c1-14-11-15(2)13-16(12-14)22-20(27)21(28)25-10-6-7-17(25)19-24-23-18-8-4-3-5-9-26(18)19/h11-13,17H,3-10H2,1-2H3,(H,22,27). The zero-order valence-electron chi connectivity index (χ0n) is 16.6. The molecule has 3 heterocycles. The van der Waals surface area contributed by atoms with E-state index in [1.807, 2.05) is 32.0 Å². The van der Waals surface area contributed by atoms with Crippen molar-refractivity contribution in [2.24, 2.45) is 0 Å². The Labute approximate surface area is 165 Å². The molecule has 1 aromatic heterocycles. The van der Waals surface area contributed by atoms with Crippen molar-refractivity contribution in [3.8, 4) is 0 Å². The quantitative estimate of drug-likeness (QED) is 0.811. The highest BCUT2D eigenvalue weighted by Crippen LogP contribution is 2.32. The van der Waals surface area contributed by atoms with Gasteiger partial charge in [0.15, 0.2) is 5.82 Å². The molecule has 7 nitrogen and oxygen atoms in total. The van der Waals surface area contributed by atoms with E-state index in [9.17, 15) is 9.59 Å². The molecule has 2 aliphatic rings. The van der Waals surface area contributed by atoms with E-state index in [1.54, 1.807) is 4.90 Å². The number of hydrogen-bond donors (Lipinski definition) is 1. The molecule has 1 N–H and O–H groups in total. The Morgan fingerprint density at radius 1 is 1.00 bits per heavy atom. The SMILES string of the molecule is Cc1cc(C)cc(NC(=O)C(=O)N2CCCC2c2nnc3n2CCCCC3)c1. The normalized spacial score (nSPS) is 19.2. The number of likely N-dealkylation sites (tertiary alicyclic amines) is 1. The predicted molar refractivity (Wildman–Crippen MR) is 106 cm³/mol. The largest absolute Gasteiger partial charge is 0.324 e. The Morgan fingerprint density at radius 3 is 2.57 bits per heavy atom. The zero-order chi connectivity index (χ0) is 19.7. The van der Waals surface area contributed by atoms with E-state index in [-0.39, 0.29) is 6.04 Å². The summed E-state index contributed by atoms with van der Waals surface area (Å²) >= 11 is 0. The molecule has 4 rings (SSSR count). The molecule has 1 fully saturated rings. The number of carbonyl (C=O) groups is 2. The van der Waals surface area contributed by atoms with Gasteiger partial charge in [-0.1, -0.05) is 12.5 Å². The van der Waals surface area contributed by atoms with Crippen molar-refractivity contribution in [2.75, 3.05) is 11.9 Å². The van der Waals surface area contributed by atoms with Crippen LogP contribution in [0.3, 0.4) is 0 Å². The first-order valence-electron chi connectivity index (χ1n) is 10.1. The molecule has 0 spiro atoms. The van der Waals surface area contributed by atoms with Gasteiger partial charge in [0.25, 0.3) is 0 Å². The molecule has 0 bridgehead atoms. The number of nitrogens with zero attached hydrogens (tertiary/aromatic N) is 4. The van der Waals surface area contributed by atoms with Crippen molar-refractivity contribution in [2.45, 2.75) is 65.0 Å². The highest BCUT2D eigenvalue weighted by Gasteiger charge is 2.37. The van der Waals surface area contributed by atoms with Crippen LogP contribution in [0.1, 0.15) is 60.9 Å². The van der Waals surface area contributed by atoms with Gasteiger partial charge in [0.2, 0.25) is 0 Å². The summed E-state index contributed by atoms with van der Waals surface area (Å²) in [6, 6.07) is 5.61. The number of amides is 2. The summed E-state index contributed by atoms with van der Waals surface area (Å²) in [6.45, 7) is 5.41. The maximum atomic E-state index is 12.9. The van der Waals surface area contributed by atoms with Crippen molar-refractivity contribution in [3.63, 3.8) is 0 Å². The van der Waals surface area contributed by atoms with E-state index >= 15 is 0 Å². The van der Waals surface area contributed by atoms with Crippen LogP contribution in [-0.2, 0) is 22.6 Å². The average molecular weight is 381 g/mol. The summed E-state index contributed by atoms with van der Waals surface area (Å²) in [5, 5.41) is 11.5. The molecule has 2 aromatic rings. The van der Waals surface area contributed by atoms with Crippen LogP contribution in [0.15, 0.2) is 18.2 Å². The van der Waals surface area contributed by atoms with Crippen LogP contribution in [0.5, 0.6) is 0 Å². The third kappa shape index (κ3) is 3.66. The molecule has 1 saturated heterocycles. The van der Waals surface area contributed by atoms with Crippen LogP contribution in [0.25, 0.3) is 0 Å². The summed E-state index contributed by atoms with van der Waals surface area (Å²) < 4.78 is 2.17. The fourth-order valence-electron chi connectivity index (χ4n) is 4.39. The number of rotatable bonds is 2. The first-order chi connectivity index (χ1) is 13.5. The molecule has 7 heteroatoms. The molecule has 0 saturated carbocycles. The van der Waals surface area contributed by atoms with Gasteiger partial charge in [-0.25, -0.2) is 0 Å². The lowest BCUT2D eigenvalue weighted by Gasteiger charge is -2.24. The van der Waals surface area contributed by atoms with Gasteiger partial charge < -0.3 is 14.8 Å². The van der Waals surface area contributed by atoms with Gasteiger partial charge in [-0.2, -0.15) is 0 Å². The summed E-state index contributed by atoms with van der Waals surface area (Å²) in [7, 11) is 0. The van der Waals surface area contributed by atoms with Crippen LogP contribution < -0.4 is 5.32 Å². The smallest absolute Gasteiger partial charge is 0.313 e. The molecule has 0 aliphatic carbocycles. The third-order valence-corrected chi connectivity index (χ3v) is 5.62. The lowest BCUT2D eigenvalue weighted by molar-refractivity contribution is -0.143. The topological polar surface area (TPSA) is 80.1 Å². The minimum absolute atomic E-state index is 0.170. The van der Waals surface area contributed by atoms with Gasteiger partial charge >= 0.3 is 11.8 Å². The van der Waals surface area contributed by atoms with E-state index in [1.165, 1.54) is 6.42 Å². The maximum Gasteiger partial charge on any atom is 0.313 e. The maximum absolute atomic E-state index is 12.9. The van der Waals surface area contributed by atoms with Gasteiger partial charge in [-0.05, 0) is 62.8 Å². The van der Waals surface area contributed by atoms with Gasteiger partial charge in [-0.3, -0.25) is 9.59 Å². The summed E-state index contributed by atoms with van der Waals surface area (Å²) in [6.07, 6.45) is 6.04. The Morgan fingerprint density at radius 2 is 1.79 bits per heavy atom. The zero-order valence-corrected chi connectivity index (χ0v) is 16.6. The van der Waals surface area contributed by atoms with Crippen LogP contribution in [0, 0.1) is 13.8 Å². The van der Waals surface area contributed by atoms with Crippen LogP contribution in [-0.4, -0.2) is 38.0 Å². The second-order valence-corrected chi connectivity index (χ2v) is 7.92. The van der Waals surface area contributed by atoms with E-state index in [2.05, 4.69) is 20.1 Å². The number of hydrogen-bond acceptors (Lipinski definition) is 4. The molecule has 2 aliphatic heterocycles. The van der Waals surface area contributed by atoms with Crippen LogP contribution in [0.4, 0.5) is 5.69 Å². The lowest BCUT2D eigenvalue weighted by Crippen LogP contribution is -2.40.